The molecular formula is C56H64N2Si2. The Hall–Kier alpha value is -5.81. The van der Waals surface area contributed by atoms with Crippen LogP contribution < -0.4 is 11.5 Å². The predicted octanol–water partition coefficient (Wildman–Crippen LogP) is 14.4. The highest BCUT2D eigenvalue weighted by Crippen LogP contribution is 2.42. The third-order valence-corrected chi connectivity index (χ3v) is 24.6. The number of nitrogens with two attached hydrogens (primary N) is 2. The molecule has 0 unspecified atom stereocenters. The molecule has 0 aliphatic rings. The molecule has 0 aliphatic heterocycles. The molecule has 4 aromatic rings. The number of anilines is 2. The zero-order valence-electron chi connectivity index (χ0n) is 38.0. The summed E-state index contributed by atoms with van der Waals surface area (Å²) in [6.45, 7) is 28.0. The Balaban J connectivity index is 2.15. The van der Waals surface area contributed by atoms with E-state index >= 15 is 0 Å². The number of hydrogen-bond acceptors (Lipinski definition) is 2. The molecule has 0 amide bonds. The molecule has 4 heteroatoms. The maximum Gasteiger partial charge on any atom is 0.146 e. The third kappa shape index (κ3) is 11.5. The maximum atomic E-state index is 6.13. The summed E-state index contributed by atoms with van der Waals surface area (Å²) >= 11 is 0. The van der Waals surface area contributed by atoms with Gasteiger partial charge in [0.2, 0.25) is 0 Å². The maximum absolute atomic E-state index is 6.13. The van der Waals surface area contributed by atoms with E-state index in [1.807, 2.05) is 109 Å². The second-order valence-electron chi connectivity index (χ2n) is 17.5. The Labute approximate surface area is 365 Å². The number of benzene rings is 4. The van der Waals surface area contributed by atoms with Crippen LogP contribution in [0.3, 0.4) is 0 Å². The minimum Gasteiger partial charge on any atom is -0.399 e. The molecule has 0 spiro atoms. The predicted molar refractivity (Wildman–Crippen MR) is 268 cm³/mol. The van der Waals surface area contributed by atoms with Gasteiger partial charge in [-0.15, -0.1) is 11.1 Å². The van der Waals surface area contributed by atoms with Crippen molar-refractivity contribution in [3.63, 3.8) is 0 Å². The van der Waals surface area contributed by atoms with Gasteiger partial charge < -0.3 is 11.5 Å². The minimum absolute atomic E-state index is 0.491. The zero-order chi connectivity index (χ0) is 44.0. The van der Waals surface area contributed by atoms with Crippen LogP contribution in [0.4, 0.5) is 11.4 Å². The molecule has 4 N–H and O–H groups in total. The van der Waals surface area contributed by atoms with E-state index in [2.05, 4.69) is 141 Å². The molecule has 0 heterocycles. The van der Waals surface area contributed by atoms with Gasteiger partial charge in [0.1, 0.15) is 16.1 Å². The number of rotatable bonds is 10. The highest BCUT2D eigenvalue weighted by molar-refractivity contribution is 6.91. The fraction of sp³-hybridized carbons (Fsp3) is 0.321. The van der Waals surface area contributed by atoms with Gasteiger partial charge in [0.15, 0.2) is 0 Å². The normalized spacial score (nSPS) is 11.0. The van der Waals surface area contributed by atoms with Crippen molar-refractivity contribution in [2.24, 2.45) is 0 Å². The van der Waals surface area contributed by atoms with E-state index in [4.69, 9.17) is 11.5 Å². The van der Waals surface area contributed by atoms with E-state index in [1.54, 1.807) is 0 Å². The summed E-state index contributed by atoms with van der Waals surface area (Å²) < 4.78 is 0. The molecule has 4 aromatic carbocycles. The van der Waals surface area contributed by atoms with Crippen molar-refractivity contribution in [2.45, 2.75) is 116 Å². The van der Waals surface area contributed by atoms with Gasteiger partial charge in [0, 0.05) is 11.4 Å². The Kier molecular flexibility index (Phi) is 16.8. The molecule has 4 rings (SSSR count). The summed E-state index contributed by atoms with van der Waals surface area (Å²) in [6.07, 6.45) is 0. The van der Waals surface area contributed by atoms with Crippen molar-refractivity contribution in [1.82, 2.24) is 0 Å². The lowest BCUT2D eigenvalue weighted by Crippen LogP contribution is -2.43. The van der Waals surface area contributed by atoms with Crippen LogP contribution in [0.2, 0.25) is 33.2 Å². The van der Waals surface area contributed by atoms with E-state index in [0.29, 0.717) is 55.8 Å². The minimum atomic E-state index is -2.05. The van der Waals surface area contributed by atoms with Crippen molar-refractivity contribution in [3.05, 3.63) is 154 Å². The molecule has 306 valence electrons. The second kappa shape index (κ2) is 21.4. The van der Waals surface area contributed by atoms with E-state index < -0.39 is 16.1 Å². The number of hydrogen-bond donors (Lipinski definition) is 2. The standard InChI is InChI=1S/C56H64N2Si2/c1-41(2)59(42(3)4,43(5)6)39-37-53(51-29-33-55(57)34-30-51)27-25-49(47-19-15-13-16-20-47)23-24-50(48-21-17-14-18-22-48)26-28-54(52-31-35-56(58)36-32-52)38-40-60(44(7)8,45(9)10)46(11)12/h13-22,29-36,41-46H,57-58H2,1-12H3. The van der Waals surface area contributed by atoms with E-state index in [9.17, 15) is 0 Å². The number of nitrogen functional groups attached to an aromatic ring is 2. The monoisotopic (exact) mass is 820 g/mol. The van der Waals surface area contributed by atoms with Gasteiger partial charge in [0.25, 0.3) is 0 Å². The summed E-state index contributed by atoms with van der Waals surface area (Å²) in [5.41, 5.74) is 45.0. The molecule has 0 atom stereocenters. The molecule has 0 fully saturated rings. The zero-order valence-corrected chi connectivity index (χ0v) is 40.0. The highest BCUT2D eigenvalue weighted by atomic mass is 28.3. The molecule has 2 nitrogen and oxygen atoms in total. The molecule has 0 saturated heterocycles. The lowest BCUT2D eigenvalue weighted by Gasteiger charge is -2.38. The van der Waals surface area contributed by atoms with Crippen LogP contribution >= 0.6 is 0 Å². The first-order valence-corrected chi connectivity index (χ1v) is 25.9. The molecule has 0 aliphatic carbocycles. The van der Waals surface area contributed by atoms with Crippen molar-refractivity contribution >= 4 is 49.8 Å². The van der Waals surface area contributed by atoms with Crippen LogP contribution in [-0.2, 0) is 0 Å². The average molecular weight is 821 g/mol. The lowest BCUT2D eigenvalue weighted by atomic mass is 10.0. The van der Waals surface area contributed by atoms with Crippen molar-refractivity contribution in [1.29, 1.82) is 0 Å². The SMILES string of the molecule is CC(C)[Si](C#CC(=C=C=C(C#CC(=C=C=C(C#C[Si](C(C)C)(C(C)C)C(C)C)c1ccc(N)cc1)c1ccccc1)c1ccccc1)c1ccc(N)cc1)(C(C)C)C(C)C. The van der Waals surface area contributed by atoms with Gasteiger partial charge in [0.05, 0.1) is 22.3 Å². The van der Waals surface area contributed by atoms with Crippen LogP contribution in [0.5, 0.6) is 0 Å². The lowest BCUT2D eigenvalue weighted by molar-refractivity contribution is 0.838. The van der Waals surface area contributed by atoms with Gasteiger partial charge in [-0.25, -0.2) is 0 Å². The van der Waals surface area contributed by atoms with Crippen LogP contribution in [-0.4, -0.2) is 16.1 Å². The van der Waals surface area contributed by atoms with Gasteiger partial charge in [-0.3, -0.25) is 0 Å². The van der Waals surface area contributed by atoms with Gasteiger partial charge in [-0.2, -0.15) is 0 Å². The Morgan fingerprint density at radius 1 is 0.333 bits per heavy atom. The largest absolute Gasteiger partial charge is 0.399 e. The first kappa shape index (κ1) is 46.9. The van der Waals surface area contributed by atoms with Crippen LogP contribution in [0.1, 0.15) is 105 Å². The van der Waals surface area contributed by atoms with E-state index in [0.717, 1.165) is 33.4 Å². The summed E-state index contributed by atoms with van der Waals surface area (Å²) in [7, 11) is -4.09. The van der Waals surface area contributed by atoms with E-state index in [1.165, 1.54) is 0 Å². The number of allylic oxidation sites excluding steroid dienone is 4. The quantitative estimate of drug-likeness (QED) is 0.0725. The molecule has 60 heavy (non-hydrogen) atoms. The first-order valence-electron chi connectivity index (χ1n) is 21.5. The van der Waals surface area contributed by atoms with Crippen molar-refractivity contribution < 1.29 is 0 Å². The average Bonchev–Trinajstić information content (AvgIpc) is 3.21. The van der Waals surface area contributed by atoms with E-state index in [-0.39, 0.29) is 0 Å². The third-order valence-electron chi connectivity index (χ3n) is 12.0. The Morgan fingerprint density at radius 2 is 0.567 bits per heavy atom. The smallest absolute Gasteiger partial charge is 0.146 e. The second-order valence-corrected chi connectivity index (χ2v) is 28.7. The topological polar surface area (TPSA) is 52.0 Å². The fourth-order valence-corrected chi connectivity index (χ4v) is 19.2. The van der Waals surface area contributed by atoms with Gasteiger partial charge in [-0.05, 0) is 79.8 Å². The molecule has 0 radical (unpaired) electrons. The summed E-state index contributed by atoms with van der Waals surface area (Å²) in [4.78, 5) is 0. The molecule has 0 aromatic heterocycles. The van der Waals surface area contributed by atoms with Crippen LogP contribution in [0, 0.1) is 34.8 Å². The summed E-state index contributed by atoms with van der Waals surface area (Å²) in [6, 6.07) is 35.9. The highest BCUT2D eigenvalue weighted by Gasteiger charge is 2.42. The van der Waals surface area contributed by atoms with Crippen LogP contribution in [0.15, 0.2) is 132 Å². The molecular weight excluding hydrogens is 757 g/mol. The van der Waals surface area contributed by atoms with Gasteiger partial charge in [-0.1, -0.05) is 215 Å². The van der Waals surface area contributed by atoms with Crippen molar-refractivity contribution in [3.8, 4) is 34.8 Å². The first-order chi connectivity index (χ1) is 28.5. The Bertz CT molecular complexity index is 2270. The van der Waals surface area contributed by atoms with Gasteiger partial charge >= 0.3 is 0 Å². The molecule has 0 bridgehead atoms. The Morgan fingerprint density at radius 3 is 0.817 bits per heavy atom. The summed E-state index contributed by atoms with van der Waals surface area (Å²) in [5, 5.41) is 0. The van der Waals surface area contributed by atoms with Crippen molar-refractivity contribution in [2.75, 3.05) is 11.5 Å². The van der Waals surface area contributed by atoms with Crippen LogP contribution in [0.25, 0.3) is 22.3 Å². The fourth-order valence-electron chi connectivity index (χ4n) is 8.79. The summed E-state index contributed by atoms with van der Waals surface area (Å²) in [5.74, 6) is 14.2. The molecule has 0 saturated carbocycles.